The molecule has 0 spiro atoms. The predicted octanol–water partition coefficient (Wildman–Crippen LogP) is 9.48. The molecular formula is C30H39O3P. The first-order chi connectivity index (χ1) is 16.7. The van der Waals surface area contributed by atoms with Gasteiger partial charge in [-0.25, -0.2) is 0 Å². The smallest absolute Gasteiger partial charge is 0.408 e. The molecule has 182 valence electrons. The number of hydrogen-bond acceptors (Lipinski definition) is 3. The van der Waals surface area contributed by atoms with Gasteiger partial charge in [0.15, 0.2) is 0 Å². The highest BCUT2D eigenvalue weighted by Crippen LogP contribution is 2.43. The molecule has 0 aliphatic carbocycles. The molecule has 4 heteroatoms. The van der Waals surface area contributed by atoms with Crippen molar-refractivity contribution in [3.63, 3.8) is 0 Å². The van der Waals surface area contributed by atoms with Crippen LogP contribution < -0.4 is 13.6 Å². The minimum Gasteiger partial charge on any atom is -0.408 e. The summed E-state index contributed by atoms with van der Waals surface area (Å²) in [6.45, 7) is 6.64. The molecule has 0 bridgehead atoms. The van der Waals surface area contributed by atoms with Crippen molar-refractivity contribution >= 4 is 8.60 Å². The summed E-state index contributed by atoms with van der Waals surface area (Å²) in [5.41, 5.74) is 3.83. The Kier molecular flexibility index (Phi) is 11.3. The predicted molar refractivity (Wildman–Crippen MR) is 144 cm³/mol. The van der Waals surface area contributed by atoms with Crippen molar-refractivity contribution in [2.24, 2.45) is 0 Å². The number of rotatable bonds is 15. The van der Waals surface area contributed by atoms with Crippen LogP contribution in [-0.4, -0.2) is 0 Å². The summed E-state index contributed by atoms with van der Waals surface area (Å²) in [7, 11) is -1.67. The lowest BCUT2D eigenvalue weighted by Crippen LogP contribution is -2.03. The highest BCUT2D eigenvalue weighted by molar-refractivity contribution is 7.43. The summed E-state index contributed by atoms with van der Waals surface area (Å²) in [6, 6.07) is 24.8. The summed E-state index contributed by atoms with van der Waals surface area (Å²) < 4.78 is 18.9. The van der Waals surface area contributed by atoms with Crippen LogP contribution in [0.3, 0.4) is 0 Å². The SMILES string of the molecule is CCCCc1cccc(OP(Oc2cccc(CCCC)c2)Oc2cccc(CCCC)c2)c1. The molecule has 3 aromatic carbocycles. The summed E-state index contributed by atoms with van der Waals surface area (Å²) in [6.07, 6.45) is 10.2. The third-order valence-electron chi connectivity index (χ3n) is 5.69. The van der Waals surface area contributed by atoms with Crippen molar-refractivity contribution in [2.45, 2.75) is 78.6 Å². The highest BCUT2D eigenvalue weighted by atomic mass is 31.2. The Morgan fingerprint density at radius 2 is 0.824 bits per heavy atom. The van der Waals surface area contributed by atoms with Crippen LogP contribution in [-0.2, 0) is 19.3 Å². The second-order valence-corrected chi connectivity index (χ2v) is 9.75. The molecule has 0 atom stereocenters. The lowest BCUT2D eigenvalue weighted by Gasteiger charge is -2.19. The standard InChI is InChI=1S/C30H39O3P/c1-4-7-13-25-16-10-19-28(22-25)31-34(32-29-20-11-17-26(23-29)14-8-5-2)33-30-21-12-18-27(24-30)15-9-6-3/h10-12,16-24H,4-9,13-15H2,1-3H3. The Morgan fingerprint density at radius 1 is 0.500 bits per heavy atom. The van der Waals surface area contributed by atoms with E-state index in [1.165, 1.54) is 55.2 Å². The van der Waals surface area contributed by atoms with Gasteiger partial charge in [0.05, 0.1) is 0 Å². The van der Waals surface area contributed by atoms with Crippen LogP contribution in [0.5, 0.6) is 17.2 Å². The van der Waals surface area contributed by atoms with Gasteiger partial charge in [0, 0.05) is 0 Å². The third kappa shape index (κ3) is 9.03. The van der Waals surface area contributed by atoms with Gasteiger partial charge in [-0.05, 0) is 91.6 Å². The van der Waals surface area contributed by atoms with Gasteiger partial charge in [0.2, 0.25) is 0 Å². The minimum absolute atomic E-state index is 0.781. The Balaban J connectivity index is 1.78. The molecule has 0 unspecified atom stereocenters. The van der Waals surface area contributed by atoms with E-state index in [1.807, 2.05) is 36.4 Å². The molecule has 0 aliphatic rings. The number of hydrogen-bond donors (Lipinski definition) is 0. The first kappa shape index (κ1) is 26.1. The molecule has 0 amide bonds. The molecule has 34 heavy (non-hydrogen) atoms. The first-order valence-electron chi connectivity index (χ1n) is 12.8. The molecule has 0 N–H and O–H groups in total. The van der Waals surface area contributed by atoms with Crippen molar-refractivity contribution in [3.05, 3.63) is 89.5 Å². The summed E-state index contributed by atoms with van der Waals surface area (Å²) in [5, 5.41) is 0. The topological polar surface area (TPSA) is 27.7 Å². The van der Waals surface area contributed by atoms with E-state index in [2.05, 4.69) is 57.2 Å². The molecule has 0 aliphatic heterocycles. The maximum atomic E-state index is 6.31. The molecule has 3 aromatic rings. The lowest BCUT2D eigenvalue weighted by molar-refractivity contribution is 0.387. The van der Waals surface area contributed by atoms with Crippen LogP contribution in [0.1, 0.15) is 76.0 Å². The summed E-state index contributed by atoms with van der Waals surface area (Å²) >= 11 is 0. The minimum atomic E-state index is -1.67. The van der Waals surface area contributed by atoms with Gasteiger partial charge in [-0.3, -0.25) is 0 Å². The molecule has 0 aromatic heterocycles. The summed E-state index contributed by atoms with van der Waals surface area (Å²) in [4.78, 5) is 0. The van der Waals surface area contributed by atoms with Crippen molar-refractivity contribution in [2.75, 3.05) is 0 Å². The van der Waals surface area contributed by atoms with E-state index in [4.69, 9.17) is 13.6 Å². The molecule has 0 radical (unpaired) electrons. The normalized spacial score (nSPS) is 10.9. The third-order valence-corrected chi connectivity index (χ3v) is 6.77. The highest BCUT2D eigenvalue weighted by Gasteiger charge is 2.20. The van der Waals surface area contributed by atoms with Crippen LogP contribution in [0.25, 0.3) is 0 Å². The molecule has 0 fully saturated rings. The van der Waals surface area contributed by atoms with Gasteiger partial charge in [-0.1, -0.05) is 76.4 Å². The Labute approximate surface area is 207 Å². The molecule has 0 saturated heterocycles. The van der Waals surface area contributed by atoms with E-state index in [0.717, 1.165) is 36.5 Å². The fraction of sp³-hybridized carbons (Fsp3) is 0.400. The largest absolute Gasteiger partial charge is 0.530 e. The van der Waals surface area contributed by atoms with Crippen LogP contribution >= 0.6 is 8.60 Å². The van der Waals surface area contributed by atoms with Crippen molar-refractivity contribution in [3.8, 4) is 17.2 Å². The first-order valence-corrected chi connectivity index (χ1v) is 13.9. The van der Waals surface area contributed by atoms with Gasteiger partial charge in [-0.15, -0.1) is 0 Å². The quantitative estimate of drug-likeness (QED) is 0.204. The summed E-state index contributed by atoms with van der Waals surface area (Å²) in [5.74, 6) is 2.34. The van der Waals surface area contributed by atoms with Crippen LogP contribution in [0, 0.1) is 0 Å². The van der Waals surface area contributed by atoms with Gasteiger partial charge < -0.3 is 13.6 Å². The van der Waals surface area contributed by atoms with Crippen molar-refractivity contribution in [1.29, 1.82) is 0 Å². The van der Waals surface area contributed by atoms with E-state index in [1.54, 1.807) is 0 Å². The number of benzene rings is 3. The average Bonchev–Trinajstić information content (AvgIpc) is 2.85. The molecule has 0 heterocycles. The number of aryl methyl sites for hydroxylation is 3. The Morgan fingerprint density at radius 3 is 1.12 bits per heavy atom. The zero-order chi connectivity index (χ0) is 24.0. The van der Waals surface area contributed by atoms with Gasteiger partial charge in [0.1, 0.15) is 17.2 Å². The molecule has 3 nitrogen and oxygen atoms in total. The second-order valence-electron chi connectivity index (χ2n) is 8.75. The fourth-order valence-corrected chi connectivity index (χ4v) is 4.70. The van der Waals surface area contributed by atoms with Crippen LogP contribution in [0.4, 0.5) is 0 Å². The van der Waals surface area contributed by atoms with Crippen molar-refractivity contribution < 1.29 is 13.6 Å². The molecule has 0 saturated carbocycles. The van der Waals surface area contributed by atoms with Crippen LogP contribution in [0.15, 0.2) is 72.8 Å². The van der Waals surface area contributed by atoms with E-state index in [0.29, 0.717) is 0 Å². The fourth-order valence-electron chi connectivity index (χ4n) is 3.73. The molecular weight excluding hydrogens is 439 g/mol. The van der Waals surface area contributed by atoms with E-state index in [-0.39, 0.29) is 0 Å². The maximum Gasteiger partial charge on any atom is 0.530 e. The van der Waals surface area contributed by atoms with Crippen molar-refractivity contribution in [1.82, 2.24) is 0 Å². The Hall–Kier alpha value is -2.51. The van der Waals surface area contributed by atoms with E-state index in [9.17, 15) is 0 Å². The zero-order valence-electron chi connectivity index (χ0n) is 21.0. The van der Waals surface area contributed by atoms with Gasteiger partial charge in [0.25, 0.3) is 0 Å². The Bertz CT molecular complexity index is 861. The number of unbranched alkanes of at least 4 members (excludes halogenated alkanes) is 3. The van der Waals surface area contributed by atoms with E-state index < -0.39 is 8.60 Å². The monoisotopic (exact) mass is 478 g/mol. The van der Waals surface area contributed by atoms with Crippen LogP contribution in [0.2, 0.25) is 0 Å². The average molecular weight is 479 g/mol. The lowest BCUT2D eigenvalue weighted by atomic mass is 10.1. The maximum absolute atomic E-state index is 6.31. The van der Waals surface area contributed by atoms with Gasteiger partial charge in [-0.2, -0.15) is 0 Å². The zero-order valence-corrected chi connectivity index (χ0v) is 21.9. The molecule has 3 rings (SSSR count). The second kappa shape index (κ2) is 14.7. The van der Waals surface area contributed by atoms with Gasteiger partial charge >= 0.3 is 8.60 Å². The van der Waals surface area contributed by atoms with E-state index >= 15 is 0 Å².